The van der Waals surface area contributed by atoms with Crippen LogP contribution in [0.3, 0.4) is 0 Å². The molecule has 0 bridgehead atoms. The van der Waals surface area contributed by atoms with Gasteiger partial charge in [0.2, 0.25) is 5.88 Å². The van der Waals surface area contributed by atoms with Gasteiger partial charge < -0.3 is 21.0 Å². The van der Waals surface area contributed by atoms with Crippen LogP contribution in [0.4, 0.5) is 11.5 Å². The van der Waals surface area contributed by atoms with E-state index in [2.05, 4.69) is 20.4 Å². The Kier molecular flexibility index (Phi) is 5.43. The number of hydrogen-bond donors (Lipinski definition) is 3. The molecule has 0 radical (unpaired) electrons. The fourth-order valence-electron chi connectivity index (χ4n) is 3.12. The van der Waals surface area contributed by atoms with Crippen LogP contribution in [-0.2, 0) is 0 Å². The lowest BCUT2D eigenvalue weighted by atomic mass is 10.1. The number of hydrogen-bond acceptors (Lipinski definition) is 7. The van der Waals surface area contributed by atoms with Crippen molar-refractivity contribution in [2.45, 2.75) is 6.92 Å². The van der Waals surface area contributed by atoms with E-state index in [4.69, 9.17) is 43.9 Å². The Labute approximate surface area is 181 Å². The summed E-state index contributed by atoms with van der Waals surface area (Å²) in [6.07, 6.45) is 5.03. The maximum Gasteiger partial charge on any atom is 0.222 e. The molecular formula is C20H16Cl2N6O2. The molecule has 0 aliphatic heterocycles. The number of aromatic nitrogens is 3. The average Bonchev–Trinajstić information content (AvgIpc) is 2.75. The van der Waals surface area contributed by atoms with Gasteiger partial charge in [0.1, 0.15) is 5.82 Å². The van der Waals surface area contributed by atoms with Crippen LogP contribution in [0.2, 0.25) is 10.0 Å². The van der Waals surface area contributed by atoms with Gasteiger partial charge in [0.15, 0.2) is 5.84 Å². The molecule has 4 N–H and O–H groups in total. The normalized spacial score (nSPS) is 11.8. The summed E-state index contributed by atoms with van der Waals surface area (Å²) < 4.78 is 5.74. The maximum absolute atomic E-state index is 8.89. The number of ether oxygens (including phenoxy) is 1. The van der Waals surface area contributed by atoms with Crippen molar-refractivity contribution in [2.75, 3.05) is 11.9 Å². The molecule has 0 saturated heterocycles. The summed E-state index contributed by atoms with van der Waals surface area (Å²) in [6.45, 7) is 2.36. The molecule has 30 heavy (non-hydrogen) atoms. The van der Waals surface area contributed by atoms with Crippen molar-refractivity contribution in [3.8, 4) is 5.88 Å². The molecule has 152 valence electrons. The van der Waals surface area contributed by atoms with Crippen molar-refractivity contribution in [1.82, 2.24) is 15.0 Å². The van der Waals surface area contributed by atoms with Crippen LogP contribution in [-0.4, -0.2) is 32.6 Å². The molecule has 1 aromatic carbocycles. The smallest absolute Gasteiger partial charge is 0.222 e. The van der Waals surface area contributed by atoms with Crippen LogP contribution in [0.1, 0.15) is 12.5 Å². The summed E-state index contributed by atoms with van der Waals surface area (Å²) in [5, 5.41) is 18.0. The van der Waals surface area contributed by atoms with Crippen molar-refractivity contribution in [1.29, 1.82) is 0 Å². The zero-order chi connectivity index (χ0) is 21.3. The van der Waals surface area contributed by atoms with E-state index in [9.17, 15) is 0 Å². The molecule has 0 atom stereocenters. The number of benzene rings is 1. The van der Waals surface area contributed by atoms with Crippen LogP contribution in [0.25, 0.3) is 21.7 Å². The SMILES string of the molecule is CCOc1nccc2c(Nc3c(Cl)cc(C(N)=NO)cc3Cl)nc3ccncc3c12. The predicted molar refractivity (Wildman–Crippen MR) is 118 cm³/mol. The number of pyridine rings is 3. The molecule has 4 rings (SSSR count). The predicted octanol–water partition coefficient (Wildman–Crippen LogP) is 4.72. The molecule has 10 heteroatoms. The Hall–Kier alpha value is -3.36. The maximum atomic E-state index is 8.89. The molecule has 0 aliphatic rings. The van der Waals surface area contributed by atoms with Gasteiger partial charge in [-0.05, 0) is 31.2 Å². The van der Waals surface area contributed by atoms with Gasteiger partial charge in [-0.1, -0.05) is 28.4 Å². The fourth-order valence-corrected chi connectivity index (χ4v) is 3.70. The van der Waals surface area contributed by atoms with E-state index in [1.807, 2.05) is 13.0 Å². The number of oxime groups is 1. The number of fused-ring (bicyclic) bond motifs is 3. The Balaban J connectivity index is 1.93. The molecule has 0 unspecified atom stereocenters. The van der Waals surface area contributed by atoms with Crippen LogP contribution >= 0.6 is 23.2 Å². The van der Waals surface area contributed by atoms with Crippen LogP contribution in [0, 0.1) is 0 Å². The minimum atomic E-state index is -0.0976. The number of anilines is 2. The van der Waals surface area contributed by atoms with Gasteiger partial charge in [0.25, 0.3) is 0 Å². The molecule has 0 fully saturated rings. The van der Waals surface area contributed by atoms with Crippen LogP contribution in [0.15, 0.2) is 48.0 Å². The summed E-state index contributed by atoms with van der Waals surface area (Å²) in [7, 11) is 0. The van der Waals surface area contributed by atoms with E-state index in [0.29, 0.717) is 35.1 Å². The third-order valence-corrected chi connectivity index (χ3v) is 5.04. The van der Waals surface area contributed by atoms with Crippen LogP contribution in [0.5, 0.6) is 5.88 Å². The minimum absolute atomic E-state index is 0.0976. The molecule has 0 spiro atoms. The van der Waals surface area contributed by atoms with Crippen molar-refractivity contribution in [2.24, 2.45) is 10.9 Å². The molecule has 3 heterocycles. The lowest BCUT2D eigenvalue weighted by Crippen LogP contribution is -2.13. The van der Waals surface area contributed by atoms with E-state index < -0.39 is 0 Å². The highest BCUT2D eigenvalue weighted by Gasteiger charge is 2.17. The quantitative estimate of drug-likeness (QED) is 0.134. The van der Waals surface area contributed by atoms with E-state index in [1.54, 1.807) is 36.8 Å². The molecule has 3 aromatic heterocycles. The second-order valence-electron chi connectivity index (χ2n) is 6.25. The summed E-state index contributed by atoms with van der Waals surface area (Å²) in [6, 6.07) is 6.72. The van der Waals surface area contributed by atoms with E-state index >= 15 is 0 Å². The molecule has 0 saturated carbocycles. The van der Waals surface area contributed by atoms with Gasteiger partial charge in [-0.3, -0.25) is 4.98 Å². The van der Waals surface area contributed by atoms with Gasteiger partial charge in [0.05, 0.1) is 33.2 Å². The van der Waals surface area contributed by atoms with E-state index in [0.717, 1.165) is 16.2 Å². The van der Waals surface area contributed by atoms with Crippen LogP contribution < -0.4 is 15.8 Å². The molecule has 8 nitrogen and oxygen atoms in total. The number of nitrogens with one attached hydrogen (secondary N) is 1. The lowest BCUT2D eigenvalue weighted by Gasteiger charge is -2.16. The number of nitrogens with zero attached hydrogens (tertiary/aromatic N) is 4. The highest BCUT2D eigenvalue weighted by Crippen LogP contribution is 2.39. The van der Waals surface area contributed by atoms with E-state index in [-0.39, 0.29) is 15.9 Å². The monoisotopic (exact) mass is 442 g/mol. The van der Waals surface area contributed by atoms with Crippen molar-refractivity contribution in [3.05, 3.63) is 58.5 Å². The second-order valence-corrected chi connectivity index (χ2v) is 7.06. The van der Waals surface area contributed by atoms with Gasteiger partial charge >= 0.3 is 0 Å². The number of halogens is 2. The lowest BCUT2D eigenvalue weighted by molar-refractivity contribution is 0.318. The van der Waals surface area contributed by atoms with Gasteiger partial charge in [-0.25, -0.2) is 9.97 Å². The van der Waals surface area contributed by atoms with Crippen molar-refractivity contribution in [3.63, 3.8) is 0 Å². The zero-order valence-corrected chi connectivity index (χ0v) is 17.2. The first-order chi connectivity index (χ1) is 14.5. The third kappa shape index (κ3) is 3.51. The average molecular weight is 443 g/mol. The molecular weight excluding hydrogens is 427 g/mol. The second kappa shape index (κ2) is 8.17. The van der Waals surface area contributed by atoms with Crippen molar-refractivity contribution < 1.29 is 9.94 Å². The fraction of sp³-hybridized carbons (Fsp3) is 0.100. The first kappa shape index (κ1) is 19.9. The molecule has 4 aromatic rings. The van der Waals surface area contributed by atoms with Gasteiger partial charge in [-0.2, -0.15) is 0 Å². The summed E-state index contributed by atoms with van der Waals surface area (Å²) in [5.41, 5.74) is 7.17. The highest BCUT2D eigenvalue weighted by molar-refractivity contribution is 6.40. The summed E-state index contributed by atoms with van der Waals surface area (Å²) >= 11 is 12.8. The number of nitrogens with two attached hydrogens (primary N) is 1. The number of rotatable bonds is 5. The molecule has 0 amide bonds. The standard InChI is InChI=1S/C20H16Cl2N6O2/c1-2-30-20-16-11(3-6-25-20)19(26-15-4-5-24-9-12(15)16)27-17-13(21)7-10(8-14(17)22)18(23)28-29/h3-9,29H,2H2,1H3,(H2,23,28)(H,26,27). The van der Waals surface area contributed by atoms with Gasteiger partial charge in [-0.15, -0.1) is 0 Å². The minimum Gasteiger partial charge on any atom is -0.478 e. The Morgan fingerprint density at radius 2 is 1.97 bits per heavy atom. The Morgan fingerprint density at radius 3 is 2.67 bits per heavy atom. The first-order valence-electron chi connectivity index (χ1n) is 8.92. The third-order valence-electron chi connectivity index (χ3n) is 4.44. The van der Waals surface area contributed by atoms with Gasteiger partial charge in [0, 0.05) is 34.9 Å². The zero-order valence-electron chi connectivity index (χ0n) is 15.7. The topological polar surface area (TPSA) is 119 Å². The Morgan fingerprint density at radius 1 is 1.20 bits per heavy atom. The van der Waals surface area contributed by atoms with E-state index in [1.165, 1.54) is 0 Å². The largest absolute Gasteiger partial charge is 0.478 e. The Bertz CT molecular complexity index is 1270. The number of amidine groups is 1. The van der Waals surface area contributed by atoms with Crippen molar-refractivity contribution >= 4 is 62.2 Å². The summed E-state index contributed by atoms with van der Waals surface area (Å²) in [5.74, 6) is 0.907. The highest BCUT2D eigenvalue weighted by atomic mass is 35.5. The molecule has 0 aliphatic carbocycles. The summed E-state index contributed by atoms with van der Waals surface area (Å²) in [4.78, 5) is 13.3. The first-order valence-corrected chi connectivity index (χ1v) is 9.68.